The molecule has 1 aliphatic rings. The molecular formula is C11H24N2O2. The van der Waals surface area contributed by atoms with Gasteiger partial charge in [0.15, 0.2) is 0 Å². The second kappa shape index (κ2) is 11.5. The zero-order valence-electron chi connectivity index (χ0n) is 9.71. The van der Waals surface area contributed by atoms with Crippen LogP contribution in [0.4, 0.5) is 0 Å². The summed E-state index contributed by atoms with van der Waals surface area (Å²) in [6.45, 7) is 2.33. The number of ether oxygens (including phenoxy) is 1. The van der Waals surface area contributed by atoms with E-state index in [1.807, 2.05) is 0 Å². The maximum atomic E-state index is 9.06. The first kappa shape index (κ1) is 14.4. The third-order valence-electron chi connectivity index (χ3n) is 2.46. The molecule has 1 aliphatic carbocycles. The largest absolute Gasteiger partial charge is 0.380 e. The van der Waals surface area contributed by atoms with Crippen LogP contribution in [0.5, 0.6) is 0 Å². The van der Waals surface area contributed by atoms with Gasteiger partial charge in [-0.05, 0) is 18.8 Å². The summed E-state index contributed by atoms with van der Waals surface area (Å²) in [4.78, 5) is 9.06. The average Bonchev–Trinajstić information content (AvgIpc) is 2.31. The summed E-state index contributed by atoms with van der Waals surface area (Å²) >= 11 is 0. The van der Waals surface area contributed by atoms with Crippen molar-refractivity contribution >= 4 is 6.41 Å². The highest BCUT2D eigenvalue weighted by molar-refractivity contribution is 5.44. The topological polar surface area (TPSA) is 64.4 Å². The lowest BCUT2D eigenvalue weighted by Crippen LogP contribution is -2.16. The predicted octanol–water partition coefficient (Wildman–Crippen LogP) is 0.904. The fraction of sp³-hybridized carbons (Fsp3) is 0.909. The Morgan fingerprint density at radius 2 is 2.00 bits per heavy atom. The Morgan fingerprint density at radius 1 is 1.40 bits per heavy atom. The van der Waals surface area contributed by atoms with E-state index in [-0.39, 0.29) is 0 Å². The minimum Gasteiger partial charge on any atom is -0.380 e. The molecule has 0 aromatic carbocycles. The zero-order valence-corrected chi connectivity index (χ0v) is 9.71. The molecule has 0 atom stereocenters. The molecule has 0 aromatic rings. The summed E-state index contributed by atoms with van der Waals surface area (Å²) < 4.78 is 5.40. The van der Waals surface area contributed by atoms with Crippen LogP contribution in [0.2, 0.25) is 0 Å². The fourth-order valence-electron chi connectivity index (χ4n) is 1.69. The van der Waals surface area contributed by atoms with E-state index < -0.39 is 0 Å². The van der Waals surface area contributed by atoms with Crippen LogP contribution in [-0.2, 0) is 9.53 Å². The zero-order chi connectivity index (χ0) is 11.4. The first-order valence-electron chi connectivity index (χ1n) is 5.73. The molecule has 90 valence electrons. The maximum absolute atomic E-state index is 9.06. The predicted molar refractivity (Wildman–Crippen MR) is 61.6 cm³/mol. The van der Waals surface area contributed by atoms with Crippen molar-refractivity contribution in [2.45, 2.75) is 32.1 Å². The monoisotopic (exact) mass is 216 g/mol. The van der Waals surface area contributed by atoms with Gasteiger partial charge in [-0.2, -0.15) is 0 Å². The molecule has 3 N–H and O–H groups in total. The van der Waals surface area contributed by atoms with Crippen LogP contribution in [0, 0.1) is 5.92 Å². The third-order valence-corrected chi connectivity index (χ3v) is 2.46. The van der Waals surface area contributed by atoms with Gasteiger partial charge in [-0.15, -0.1) is 0 Å². The smallest absolute Gasteiger partial charge is 0.206 e. The Hall–Kier alpha value is -0.610. The van der Waals surface area contributed by atoms with E-state index in [0.717, 1.165) is 19.1 Å². The van der Waals surface area contributed by atoms with Gasteiger partial charge in [-0.25, -0.2) is 0 Å². The lowest BCUT2D eigenvalue weighted by Gasteiger charge is -2.20. The van der Waals surface area contributed by atoms with Crippen LogP contribution in [0.3, 0.4) is 0 Å². The van der Waals surface area contributed by atoms with E-state index in [4.69, 9.17) is 15.3 Å². The van der Waals surface area contributed by atoms with Crippen molar-refractivity contribution in [3.8, 4) is 0 Å². The number of rotatable bonds is 5. The lowest BCUT2D eigenvalue weighted by molar-refractivity contribution is -0.109. The Morgan fingerprint density at radius 3 is 2.47 bits per heavy atom. The van der Waals surface area contributed by atoms with E-state index in [1.165, 1.54) is 32.1 Å². The molecule has 0 aliphatic heterocycles. The Balaban J connectivity index is 0.000000423. The summed E-state index contributed by atoms with van der Waals surface area (Å²) in [5, 5.41) is 2.25. The summed E-state index contributed by atoms with van der Waals surface area (Å²) in [7, 11) is 1.56. The number of hydrogen-bond donors (Lipinski definition) is 2. The van der Waals surface area contributed by atoms with Gasteiger partial charge in [-0.3, -0.25) is 4.79 Å². The molecule has 0 saturated heterocycles. The van der Waals surface area contributed by atoms with Gasteiger partial charge in [-0.1, -0.05) is 19.3 Å². The van der Waals surface area contributed by atoms with Gasteiger partial charge >= 0.3 is 0 Å². The van der Waals surface area contributed by atoms with Crippen molar-refractivity contribution in [1.29, 1.82) is 0 Å². The average molecular weight is 216 g/mol. The minimum atomic E-state index is 0.625. The molecule has 1 amide bonds. The molecule has 15 heavy (non-hydrogen) atoms. The molecule has 1 saturated carbocycles. The van der Waals surface area contributed by atoms with Crippen LogP contribution in [0.25, 0.3) is 0 Å². The molecular weight excluding hydrogens is 192 g/mol. The molecule has 0 radical (unpaired) electrons. The van der Waals surface area contributed by atoms with Gasteiger partial charge < -0.3 is 15.8 Å². The number of nitrogens with two attached hydrogens (primary N) is 1. The van der Waals surface area contributed by atoms with E-state index in [0.29, 0.717) is 13.0 Å². The summed E-state index contributed by atoms with van der Waals surface area (Å²) in [6.07, 6.45) is 7.58. The van der Waals surface area contributed by atoms with Crippen LogP contribution >= 0.6 is 0 Å². The van der Waals surface area contributed by atoms with Crippen molar-refractivity contribution in [3.05, 3.63) is 0 Å². The summed E-state index contributed by atoms with van der Waals surface area (Å²) in [5.74, 6) is 0.829. The van der Waals surface area contributed by atoms with Crippen LogP contribution in [0.1, 0.15) is 32.1 Å². The van der Waals surface area contributed by atoms with Crippen LogP contribution in [0.15, 0.2) is 0 Å². The highest BCUT2D eigenvalue weighted by Crippen LogP contribution is 2.23. The second-order valence-corrected chi connectivity index (χ2v) is 3.77. The number of amides is 1. The van der Waals surface area contributed by atoms with Crippen molar-refractivity contribution < 1.29 is 9.53 Å². The maximum Gasteiger partial charge on any atom is 0.206 e. The van der Waals surface area contributed by atoms with Gasteiger partial charge in [0.1, 0.15) is 0 Å². The Kier molecular flexibility index (Phi) is 11.0. The first-order chi connectivity index (χ1) is 7.35. The molecule has 0 aromatic heterocycles. The van der Waals surface area contributed by atoms with E-state index in [2.05, 4.69) is 5.32 Å². The molecule has 0 unspecified atom stereocenters. The molecule has 0 spiro atoms. The van der Waals surface area contributed by atoms with E-state index >= 15 is 0 Å². The quantitative estimate of drug-likeness (QED) is 0.530. The molecule has 1 rings (SSSR count). The Bertz CT molecular complexity index is 137. The third kappa shape index (κ3) is 9.69. The standard InChI is InChI=1S/C9H19NO.C2H5NO/c10-6-7-11-8-9-4-2-1-3-5-9;1-3-2-4/h9H,1-8,10H2;2H,1H3,(H,3,4). The van der Waals surface area contributed by atoms with Crippen molar-refractivity contribution in [2.24, 2.45) is 11.7 Å². The SMILES string of the molecule is CNC=O.NCCOCC1CCCCC1. The highest BCUT2D eigenvalue weighted by atomic mass is 16.5. The molecule has 4 nitrogen and oxygen atoms in total. The number of nitrogens with one attached hydrogen (secondary N) is 1. The van der Waals surface area contributed by atoms with Crippen molar-refractivity contribution in [1.82, 2.24) is 5.32 Å². The second-order valence-electron chi connectivity index (χ2n) is 3.77. The minimum absolute atomic E-state index is 0.625. The fourth-order valence-corrected chi connectivity index (χ4v) is 1.69. The van der Waals surface area contributed by atoms with Gasteiger partial charge in [0, 0.05) is 20.2 Å². The highest BCUT2D eigenvalue weighted by Gasteiger charge is 2.12. The molecule has 0 bridgehead atoms. The first-order valence-corrected chi connectivity index (χ1v) is 5.73. The van der Waals surface area contributed by atoms with E-state index in [9.17, 15) is 0 Å². The molecule has 4 heteroatoms. The normalized spacial score (nSPS) is 16.4. The lowest BCUT2D eigenvalue weighted by atomic mass is 9.90. The van der Waals surface area contributed by atoms with Crippen molar-refractivity contribution in [3.63, 3.8) is 0 Å². The summed E-state index contributed by atoms with van der Waals surface area (Å²) in [6, 6.07) is 0. The number of hydrogen-bond acceptors (Lipinski definition) is 3. The van der Waals surface area contributed by atoms with Crippen LogP contribution < -0.4 is 11.1 Å². The van der Waals surface area contributed by atoms with E-state index in [1.54, 1.807) is 7.05 Å². The number of carbonyl (C=O) groups excluding carboxylic acids is 1. The van der Waals surface area contributed by atoms with Gasteiger partial charge in [0.05, 0.1) is 6.61 Å². The molecule has 0 heterocycles. The van der Waals surface area contributed by atoms with Gasteiger partial charge in [0.25, 0.3) is 0 Å². The summed E-state index contributed by atoms with van der Waals surface area (Å²) in [5.41, 5.74) is 5.32. The Labute approximate surface area is 92.6 Å². The van der Waals surface area contributed by atoms with Crippen LogP contribution in [-0.4, -0.2) is 33.2 Å². The number of carbonyl (C=O) groups is 1. The van der Waals surface area contributed by atoms with Crippen molar-refractivity contribution in [2.75, 3.05) is 26.8 Å². The molecule has 1 fully saturated rings. The van der Waals surface area contributed by atoms with Gasteiger partial charge in [0.2, 0.25) is 6.41 Å².